The number of H-pyrrole nitrogens is 1. The summed E-state index contributed by atoms with van der Waals surface area (Å²) >= 11 is 0. The van der Waals surface area contributed by atoms with Crippen molar-refractivity contribution in [1.82, 2.24) is 25.8 Å². The number of hydrogen-bond acceptors (Lipinski definition) is 4. The van der Waals surface area contributed by atoms with Crippen LogP contribution in [0.25, 0.3) is 0 Å². The Morgan fingerprint density at radius 3 is 2.94 bits per heavy atom. The summed E-state index contributed by atoms with van der Waals surface area (Å²) in [6.07, 6.45) is 5.42. The highest BCUT2D eigenvalue weighted by Gasteiger charge is 2.28. The van der Waals surface area contributed by atoms with Gasteiger partial charge >= 0.3 is 0 Å². The molecule has 1 aromatic heterocycles. The minimum atomic E-state index is -0.148. The molecule has 3 rings (SSSR count). The standard InChI is InChI=1S/C12H19N5O/c18-12(14-9-2-1-6-13-7-5-9)11-15-10(16-17-11)8-3-4-8/h8-9,13H,1-7H2,(H,14,18)(H,15,16,17). The summed E-state index contributed by atoms with van der Waals surface area (Å²) in [6, 6.07) is 0.246. The van der Waals surface area contributed by atoms with Crippen molar-refractivity contribution >= 4 is 5.91 Å². The van der Waals surface area contributed by atoms with E-state index in [0.29, 0.717) is 5.92 Å². The van der Waals surface area contributed by atoms with Gasteiger partial charge in [0.25, 0.3) is 5.91 Å². The van der Waals surface area contributed by atoms with Crippen LogP contribution in [0.3, 0.4) is 0 Å². The van der Waals surface area contributed by atoms with Gasteiger partial charge in [0.05, 0.1) is 0 Å². The van der Waals surface area contributed by atoms with Gasteiger partial charge < -0.3 is 10.6 Å². The van der Waals surface area contributed by atoms with Crippen molar-refractivity contribution in [3.63, 3.8) is 0 Å². The van der Waals surface area contributed by atoms with Crippen LogP contribution in [0.2, 0.25) is 0 Å². The zero-order chi connectivity index (χ0) is 12.4. The van der Waals surface area contributed by atoms with E-state index in [-0.39, 0.29) is 17.8 Å². The van der Waals surface area contributed by atoms with Crippen LogP contribution in [-0.4, -0.2) is 40.2 Å². The highest BCUT2D eigenvalue weighted by Crippen LogP contribution is 2.37. The predicted molar refractivity (Wildman–Crippen MR) is 66.3 cm³/mol. The zero-order valence-electron chi connectivity index (χ0n) is 10.4. The molecule has 1 aromatic rings. The van der Waals surface area contributed by atoms with E-state index in [1.807, 2.05) is 0 Å². The molecule has 2 aliphatic rings. The fraction of sp³-hybridized carbons (Fsp3) is 0.750. The van der Waals surface area contributed by atoms with Crippen LogP contribution in [-0.2, 0) is 0 Å². The molecule has 0 bridgehead atoms. The minimum Gasteiger partial charge on any atom is -0.346 e. The third-order valence-corrected chi connectivity index (χ3v) is 3.58. The second-order valence-electron chi connectivity index (χ2n) is 5.17. The Morgan fingerprint density at radius 2 is 2.11 bits per heavy atom. The second-order valence-corrected chi connectivity index (χ2v) is 5.17. The van der Waals surface area contributed by atoms with Crippen molar-refractivity contribution in [2.75, 3.05) is 13.1 Å². The van der Waals surface area contributed by atoms with Gasteiger partial charge in [-0.05, 0) is 45.2 Å². The normalized spacial score (nSPS) is 24.6. The van der Waals surface area contributed by atoms with E-state index in [9.17, 15) is 4.79 Å². The van der Waals surface area contributed by atoms with Gasteiger partial charge in [0.1, 0.15) is 5.82 Å². The van der Waals surface area contributed by atoms with Crippen LogP contribution < -0.4 is 10.6 Å². The van der Waals surface area contributed by atoms with Crippen LogP contribution in [0.5, 0.6) is 0 Å². The predicted octanol–water partition coefficient (Wildman–Crippen LogP) is 0.554. The molecular formula is C12H19N5O. The van der Waals surface area contributed by atoms with E-state index in [1.54, 1.807) is 0 Å². The fourth-order valence-corrected chi connectivity index (χ4v) is 2.33. The van der Waals surface area contributed by atoms with Gasteiger partial charge in [0, 0.05) is 12.0 Å². The SMILES string of the molecule is O=C(NC1CCCNCC1)c1n[nH]c(C2CC2)n1. The molecular weight excluding hydrogens is 230 g/mol. The number of carbonyl (C=O) groups excluding carboxylic acids is 1. The number of aromatic amines is 1. The molecule has 18 heavy (non-hydrogen) atoms. The highest BCUT2D eigenvalue weighted by molar-refractivity contribution is 5.90. The number of nitrogens with zero attached hydrogens (tertiary/aromatic N) is 2. The van der Waals surface area contributed by atoms with Gasteiger partial charge in [-0.25, -0.2) is 4.98 Å². The monoisotopic (exact) mass is 249 g/mol. The molecule has 6 heteroatoms. The molecule has 3 N–H and O–H groups in total. The maximum Gasteiger partial charge on any atom is 0.291 e. The van der Waals surface area contributed by atoms with Crippen molar-refractivity contribution in [2.45, 2.75) is 44.1 Å². The Bertz CT molecular complexity index is 418. The van der Waals surface area contributed by atoms with Crippen molar-refractivity contribution in [1.29, 1.82) is 0 Å². The number of aromatic nitrogens is 3. The van der Waals surface area contributed by atoms with E-state index in [4.69, 9.17) is 0 Å². The average Bonchev–Trinajstić information content (AvgIpc) is 3.15. The Balaban J connectivity index is 1.58. The molecule has 1 amide bonds. The third-order valence-electron chi connectivity index (χ3n) is 3.58. The quantitative estimate of drug-likeness (QED) is 0.730. The van der Waals surface area contributed by atoms with Gasteiger partial charge in [-0.1, -0.05) is 0 Å². The lowest BCUT2D eigenvalue weighted by molar-refractivity contribution is 0.0924. The van der Waals surface area contributed by atoms with Crippen molar-refractivity contribution in [2.24, 2.45) is 0 Å². The minimum absolute atomic E-state index is 0.148. The molecule has 1 aliphatic heterocycles. The van der Waals surface area contributed by atoms with Crippen LogP contribution in [0.15, 0.2) is 0 Å². The van der Waals surface area contributed by atoms with Crippen LogP contribution in [0.4, 0.5) is 0 Å². The average molecular weight is 249 g/mol. The summed E-state index contributed by atoms with van der Waals surface area (Å²) in [7, 11) is 0. The van der Waals surface area contributed by atoms with Crippen LogP contribution in [0, 0.1) is 0 Å². The number of rotatable bonds is 3. The largest absolute Gasteiger partial charge is 0.346 e. The van der Waals surface area contributed by atoms with Gasteiger partial charge in [0.2, 0.25) is 5.82 Å². The number of hydrogen-bond donors (Lipinski definition) is 3. The first kappa shape index (κ1) is 11.6. The van der Waals surface area contributed by atoms with E-state index in [0.717, 1.165) is 51.0 Å². The first-order chi connectivity index (χ1) is 8.83. The lowest BCUT2D eigenvalue weighted by Crippen LogP contribution is -2.36. The molecule has 6 nitrogen and oxygen atoms in total. The first-order valence-corrected chi connectivity index (χ1v) is 6.77. The number of amides is 1. The lowest BCUT2D eigenvalue weighted by Gasteiger charge is -2.14. The van der Waals surface area contributed by atoms with Gasteiger partial charge in [-0.2, -0.15) is 0 Å². The van der Waals surface area contributed by atoms with Crippen molar-refractivity contribution in [3.05, 3.63) is 11.6 Å². The topological polar surface area (TPSA) is 82.7 Å². The Labute approximate surface area is 106 Å². The molecule has 2 fully saturated rings. The molecule has 1 saturated carbocycles. The molecule has 1 atom stereocenters. The van der Waals surface area contributed by atoms with Gasteiger partial charge in [-0.15, -0.1) is 5.10 Å². The van der Waals surface area contributed by atoms with Crippen molar-refractivity contribution in [3.8, 4) is 0 Å². The van der Waals surface area contributed by atoms with E-state index < -0.39 is 0 Å². The van der Waals surface area contributed by atoms with Gasteiger partial charge in [0.15, 0.2) is 0 Å². The Hall–Kier alpha value is -1.43. The molecule has 1 aliphatic carbocycles. The van der Waals surface area contributed by atoms with Crippen LogP contribution in [0.1, 0.15) is 54.5 Å². The maximum absolute atomic E-state index is 12.0. The lowest BCUT2D eigenvalue weighted by atomic mass is 10.1. The smallest absolute Gasteiger partial charge is 0.291 e. The summed E-state index contributed by atoms with van der Waals surface area (Å²) in [5.74, 6) is 1.50. The summed E-state index contributed by atoms with van der Waals surface area (Å²) in [5, 5.41) is 13.2. The Morgan fingerprint density at radius 1 is 1.22 bits per heavy atom. The van der Waals surface area contributed by atoms with E-state index in [1.165, 1.54) is 0 Å². The molecule has 2 heterocycles. The third kappa shape index (κ3) is 2.69. The Kier molecular flexibility index (Phi) is 3.27. The molecule has 1 saturated heterocycles. The second kappa shape index (κ2) is 5.06. The van der Waals surface area contributed by atoms with E-state index >= 15 is 0 Å². The van der Waals surface area contributed by atoms with E-state index in [2.05, 4.69) is 25.8 Å². The molecule has 0 spiro atoms. The highest BCUT2D eigenvalue weighted by atomic mass is 16.2. The summed E-state index contributed by atoms with van der Waals surface area (Å²) in [5.41, 5.74) is 0. The molecule has 0 radical (unpaired) electrons. The summed E-state index contributed by atoms with van der Waals surface area (Å²) in [6.45, 7) is 2.01. The summed E-state index contributed by atoms with van der Waals surface area (Å²) in [4.78, 5) is 16.3. The molecule has 0 aromatic carbocycles. The van der Waals surface area contributed by atoms with Crippen molar-refractivity contribution < 1.29 is 4.79 Å². The maximum atomic E-state index is 12.0. The number of carbonyl (C=O) groups is 1. The number of nitrogens with one attached hydrogen (secondary N) is 3. The first-order valence-electron chi connectivity index (χ1n) is 6.77. The van der Waals surface area contributed by atoms with Crippen LogP contribution >= 0.6 is 0 Å². The molecule has 98 valence electrons. The summed E-state index contributed by atoms with van der Waals surface area (Å²) < 4.78 is 0. The fourth-order valence-electron chi connectivity index (χ4n) is 2.33. The van der Waals surface area contributed by atoms with Gasteiger partial charge in [-0.3, -0.25) is 9.89 Å². The zero-order valence-corrected chi connectivity index (χ0v) is 10.4. The molecule has 1 unspecified atom stereocenters.